The number of likely N-dealkylation sites (tertiary alicyclic amines) is 1. The van der Waals surface area contributed by atoms with E-state index < -0.39 is 0 Å². The number of hydrogen-bond acceptors (Lipinski definition) is 3. The molecule has 0 unspecified atom stereocenters. The second kappa shape index (κ2) is 6.17. The van der Waals surface area contributed by atoms with Gasteiger partial charge in [-0.3, -0.25) is 4.79 Å². The lowest BCUT2D eigenvalue weighted by Crippen LogP contribution is -2.39. The third-order valence-corrected chi connectivity index (χ3v) is 4.26. The first-order chi connectivity index (χ1) is 8.31. The van der Waals surface area contributed by atoms with E-state index in [2.05, 4.69) is 17.5 Å². The average molecular weight is 253 g/mol. The number of rotatable bonds is 4. The predicted octanol–water partition coefficient (Wildman–Crippen LogP) is 2.49. The fourth-order valence-electron chi connectivity index (χ4n) is 2.22. The fraction of sp³-hybridized carbons (Fsp3) is 0.615. The number of ether oxygens (including phenoxy) is 1. The highest BCUT2D eigenvalue weighted by atomic mass is 32.1. The topological polar surface area (TPSA) is 29.5 Å². The van der Waals surface area contributed by atoms with Crippen molar-refractivity contribution in [2.75, 3.05) is 26.3 Å². The molecule has 2 heterocycles. The van der Waals surface area contributed by atoms with Gasteiger partial charge in [0.1, 0.15) is 6.61 Å². The smallest absolute Gasteiger partial charge is 0.248 e. The molecule has 1 aliphatic rings. The van der Waals surface area contributed by atoms with Crippen LogP contribution in [0.1, 0.15) is 30.6 Å². The first kappa shape index (κ1) is 12.6. The summed E-state index contributed by atoms with van der Waals surface area (Å²) in [5.74, 6) is 0.780. The van der Waals surface area contributed by atoms with Crippen molar-refractivity contribution in [1.82, 2.24) is 4.90 Å². The zero-order chi connectivity index (χ0) is 12.1. The van der Waals surface area contributed by atoms with Crippen LogP contribution in [0, 0.1) is 0 Å². The van der Waals surface area contributed by atoms with E-state index >= 15 is 0 Å². The minimum atomic E-state index is 0.136. The van der Waals surface area contributed by atoms with E-state index in [1.54, 1.807) is 0 Å². The van der Waals surface area contributed by atoms with Crippen LogP contribution in [0.2, 0.25) is 0 Å². The third kappa shape index (κ3) is 3.30. The summed E-state index contributed by atoms with van der Waals surface area (Å²) in [7, 11) is 0. The molecule has 1 saturated heterocycles. The van der Waals surface area contributed by atoms with Gasteiger partial charge in [0, 0.05) is 24.6 Å². The number of piperidine rings is 1. The quantitative estimate of drug-likeness (QED) is 0.825. The normalized spacial score (nSPS) is 17.4. The maximum absolute atomic E-state index is 11.8. The van der Waals surface area contributed by atoms with Crippen LogP contribution < -0.4 is 0 Å². The van der Waals surface area contributed by atoms with Crippen molar-refractivity contribution in [3.05, 3.63) is 22.4 Å². The third-order valence-electron chi connectivity index (χ3n) is 3.22. The van der Waals surface area contributed by atoms with Crippen LogP contribution in [0.15, 0.2) is 17.5 Å². The van der Waals surface area contributed by atoms with Crippen molar-refractivity contribution in [3.8, 4) is 0 Å². The molecule has 4 heteroatoms. The maximum atomic E-state index is 11.8. The van der Waals surface area contributed by atoms with Crippen molar-refractivity contribution in [2.24, 2.45) is 0 Å². The monoisotopic (exact) mass is 253 g/mol. The highest BCUT2D eigenvalue weighted by molar-refractivity contribution is 7.10. The molecule has 17 heavy (non-hydrogen) atoms. The molecule has 0 atom stereocenters. The van der Waals surface area contributed by atoms with Gasteiger partial charge < -0.3 is 9.64 Å². The molecule has 1 amide bonds. The van der Waals surface area contributed by atoms with Crippen LogP contribution in [0.4, 0.5) is 0 Å². The molecule has 0 aliphatic carbocycles. The molecular formula is C13H19NO2S. The van der Waals surface area contributed by atoms with Crippen LogP contribution in [0.3, 0.4) is 0 Å². The summed E-state index contributed by atoms with van der Waals surface area (Å²) in [6.45, 7) is 4.50. The van der Waals surface area contributed by atoms with E-state index in [0.717, 1.165) is 25.9 Å². The van der Waals surface area contributed by atoms with Crippen molar-refractivity contribution in [1.29, 1.82) is 0 Å². The average Bonchev–Trinajstić information content (AvgIpc) is 2.90. The molecular weight excluding hydrogens is 234 g/mol. The second-order valence-electron chi connectivity index (χ2n) is 4.31. The number of nitrogens with zero attached hydrogens (tertiary/aromatic N) is 1. The van der Waals surface area contributed by atoms with Gasteiger partial charge in [-0.15, -0.1) is 11.3 Å². The van der Waals surface area contributed by atoms with Crippen LogP contribution in [-0.2, 0) is 9.53 Å². The molecule has 3 nitrogen and oxygen atoms in total. The summed E-state index contributed by atoms with van der Waals surface area (Å²) >= 11 is 1.82. The first-order valence-electron chi connectivity index (χ1n) is 6.20. The molecule has 94 valence electrons. The zero-order valence-electron chi connectivity index (χ0n) is 10.2. The molecule has 0 saturated carbocycles. The van der Waals surface area contributed by atoms with Gasteiger partial charge in [-0.25, -0.2) is 0 Å². The minimum Gasteiger partial charge on any atom is -0.372 e. The number of thiophene rings is 1. The van der Waals surface area contributed by atoms with Crippen molar-refractivity contribution in [2.45, 2.75) is 25.7 Å². The highest BCUT2D eigenvalue weighted by Gasteiger charge is 2.23. The molecule has 0 spiro atoms. The van der Waals surface area contributed by atoms with E-state index in [1.807, 2.05) is 23.2 Å². The Bertz CT molecular complexity index is 342. The fourth-order valence-corrected chi connectivity index (χ4v) is 3.12. The lowest BCUT2D eigenvalue weighted by molar-refractivity contribution is -0.137. The number of carbonyl (C=O) groups excluding carboxylic acids is 1. The Morgan fingerprint density at radius 2 is 2.29 bits per heavy atom. The van der Waals surface area contributed by atoms with Gasteiger partial charge in [-0.1, -0.05) is 6.07 Å². The Hall–Kier alpha value is -0.870. The summed E-state index contributed by atoms with van der Waals surface area (Å²) in [5.41, 5.74) is 0. The Morgan fingerprint density at radius 1 is 1.53 bits per heavy atom. The van der Waals surface area contributed by atoms with Crippen molar-refractivity contribution < 1.29 is 9.53 Å². The van der Waals surface area contributed by atoms with E-state index in [0.29, 0.717) is 12.5 Å². The predicted molar refractivity (Wildman–Crippen MR) is 69.4 cm³/mol. The SMILES string of the molecule is CCOCC(=O)N1CCC(c2cccs2)CC1. The molecule has 1 fully saturated rings. The van der Waals surface area contributed by atoms with E-state index in [-0.39, 0.29) is 12.5 Å². The van der Waals surface area contributed by atoms with E-state index in [1.165, 1.54) is 4.88 Å². The summed E-state index contributed by atoms with van der Waals surface area (Å²) in [4.78, 5) is 15.1. The largest absolute Gasteiger partial charge is 0.372 e. The lowest BCUT2D eigenvalue weighted by atomic mass is 9.95. The molecule has 0 radical (unpaired) electrons. The number of amides is 1. The first-order valence-corrected chi connectivity index (χ1v) is 7.08. The maximum Gasteiger partial charge on any atom is 0.248 e. The Morgan fingerprint density at radius 3 is 2.88 bits per heavy atom. The molecule has 1 aromatic rings. The van der Waals surface area contributed by atoms with Gasteiger partial charge in [-0.05, 0) is 37.1 Å². The van der Waals surface area contributed by atoms with Crippen LogP contribution in [-0.4, -0.2) is 37.1 Å². The molecule has 2 rings (SSSR count). The van der Waals surface area contributed by atoms with Gasteiger partial charge in [0.05, 0.1) is 0 Å². The van der Waals surface area contributed by atoms with Gasteiger partial charge in [0.25, 0.3) is 0 Å². The Labute approximate surface area is 106 Å². The van der Waals surface area contributed by atoms with Crippen molar-refractivity contribution in [3.63, 3.8) is 0 Å². The van der Waals surface area contributed by atoms with Gasteiger partial charge in [-0.2, -0.15) is 0 Å². The Kier molecular flexibility index (Phi) is 4.57. The van der Waals surface area contributed by atoms with Crippen LogP contribution >= 0.6 is 11.3 Å². The number of carbonyl (C=O) groups is 1. The lowest BCUT2D eigenvalue weighted by Gasteiger charge is -2.31. The minimum absolute atomic E-state index is 0.136. The van der Waals surface area contributed by atoms with Gasteiger partial charge in [0.15, 0.2) is 0 Å². The van der Waals surface area contributed by atoms with Crippen molar-refractivity contribution >= 4 is 17.2 Å². The molecule has 0 bridgehead atoms. The summed E-state index contributed by atoms with van der Waals surface area (Å²) in [6.07, 6.45) is 2.16. The molecule has 1 aromatic heterocycles. The van der Waals surface area contributed by atoms with Crippen LogP contribution in [0.5, 0.6) is 0 Å². The summed E-state index contributed by atoms with van der Waals surface area (Å²) < 4.78 is 5.16. The van der Waals surface area contributed by atoms with E-state index in [9.17, 15) is 4.79 Å². The van der Waals surface area contributed by atoms with Gasteiger partial charge >= 0.3 is 0 Å². The second-order valence-corrected chi connectivity index (χ2v) is 5.29. The van der Waals surface area contributed by atoms with E-state index in [4.69, 9.17) is 4.74 Å². The van der Waals surface area contributed by atoms with Crippen LogP contribution in [0.25, 0.3) is 0 Å². The summed E-state index contributed by atoms with van der Waals surface area (Å²) in [6, 6.07) is 4.31. The Balaban J connectivity index is 1.80. The van der Waals surface area contributed by atoms with Gasteiger partial charge in [0.2, 0.25) is 5.91 Å². The molecule has 0 N–H and O–H groups in total. The highest BCUT2D eigenvalue weighted by Crippen LogP contribution is 2.30. The molecule has 1 aliphatic heterocycles. The number of hydrogen-bond donors (Lipinski definition) is 0. The summed E-state index contributed by atoms with van der Waals surface area (Å²) in [5, 5.41) is 2.13. The standard InChI is InChI=1S/C13H19NO2S/c1-2-16-10-13(15)14-7-5-11(6-8-14)12-4-3-9-17-12/h3-4,9,11H,2,5-8,10H2,1H3. The zero-order valence-corrected chi connectivity index (χ0v) is 11.0. The molecule has 0 aromatic carbocycles.